The van der Waals surface area contributed by atoms with Crippen molar-refractivity contribution >= 4 is 11.6 Å². The smallest absolute Gasteiger partial charge is 0.255 e. The Hall–Kier alpha value is -2.36. The molecule has 0 atom stereocenters. The van der Waals surface area contributed by atoms with Crippen molar-refractivity contribution < 1.29 is 9.18 Å². The first kappa shape index (κ1) is 14.1. The number of hydrogen-bond acceptors (Lipinski definition) is 2. The number of anilines is 1. The number of rotatable bonds is 4. The molecule has 0 spiro atoms. The quantitative estimate of drug-likeness (QED) is 0.870. The number of carbonyl (C=O) groups excluding carboxylic acids is 1. The van der Waals surface area contributed by atoms with E-state index in [0.717, 1.165) is 12.0 Å². The van der Waals surface area contributed by atoms with Crippen molar-refractivity contribution in [2.75, 3.05) is 19.3 Å². The monoisotopic (exact) mass is 272 g/mol. The number of amides is 1. The van der Waals surface area contributed by atoms with E-state index < -0.39 is 5.82 Å². The van der Waals surface area contributed by atoms with Gasteiger partial charge in [0.15, 0.2) is 0 Å². The van der Waals surface area contributed by atoms with E-state index in [0.29, 0.717) is 12.2 Å². The first-order chi connectivity index (χ1) is 9.58. The van der Waals surface area contributed by atoms with Gasteiger partial charge in [-0.25, -0.2) is 4.39 Å². The summed E-state index contributed by atoms with van der Waals surface area (Å²) in [5.74, 6) is -0.725. The van der Waals surface area contributed by atoms with Crippen molar-refractivity contribution in [3.8, 4) is 0 Å². The summed E-state index contributed by atoms with van der Waals surface area (Å²) in [7, 11) is 1.69. The van der Waals surface area contributed by atoms with Gasteiger partial charge >= 0.3 is 0 Å². The lowest BCUT2D eigenvalue weighted by Crippen LogP contribution is -2.29. The molecule has 0 aliphatic rings. The summed E-state index contributed by atoms with van der Waals surface area (Å²) in [6.07, 6.45) is 0.748. The van der Waals surface area contributed by atoms with Gasteiger partial charge in [0, 0.05) is 19.3 Å². The Bertz CT molecular complexity index is 599. The molecular formula is C16H17FN2O. The van der Waals surface area contributed by atoms with Gasteiger partial charge in [-0.15, -0.1) is 0 Å². The first-order valence-corrected chi connectivity index (χ1v) is 6.42. The van der Waals surface area contributed by atoms with Gasteiger partial charge in [0.1, 0.15) is 5.82 Å². The number of halogens is 1. The lowest BCUT2D eigenvalue weighted by molar-refractivity contribution is 0.0797. The third-order valence-electron chi connectivity index (χ3n) is 3.17. The largest absolute Gasteiger partial charge is 0.398 e. The van der Waals surface area contributed by atoms with Gasteiger partial charge in [-0.3, -0.25) is 4.79 Å². The molecule has 2 aromatic carbocycles. The zero-order valence-electron chi connectivity index (χ0n) is 11.3. The fourth-order valence-corrected chi connectivity index (χ4v) is 1.96. The molecule has 0 fully saturated rings. The van der Waals surface area contributed by atoms with Crippen molar-refractivity contribution in [3.05, 3.63) is 65.5 Å². The normalized spacial score (nSPS) is 10.3. The van der Waals surface area contributed by atoms with Gasteiger partial charge < -0.3 is 10.6 Å². The van der Waals surface area contributed by atoms with Crippen molar-refractivity contribution in [1.82, 2.24) is 4.90 Å². The molecule has 2 N–H and O–H groups in total. The summed E-state index contributed by atoms with van der Waals surface area (Å²) in [6, 6.07) is 13.7. The van der Waals surface area contributed by atoms with Crippen LogP contribution < -0.4 is 5.73 Å². The number of carbonyl (C=O) groups is 1. The number of hydrogen-bond donors (Lipinski definition) is 1. The maximum absolute atomic E-state index is 13.2. The summed E-state index contributed by atoms with van der Waals surface area (Å²) in [4.78, 5) is 13.8. The predicted octanol–water partition coefficient (Wildman–Crippen LogP) is 2.72. The number of benzene rings is 2. The van der Waals surface area contributed by atoms with Gasteiger partial charge in [0.05, 0.1) is 5.56 Å². The number of nitrogens with two attached hydrogens (primary N) is 1. The Morgan fingerprint density at radius 1 is 1.20 bits per heavy atom. The number of nitrogens with zero attached hydrogens (tertiary/aromatic N) is 1. The van der Waals surface area contributed by atoms with E-state index in [4.69, 9.17) is 5.73 Å². The molecule has 0 heterocycles. The van der Waals surface area contributed by atoms with E-state index in [9.17, 15) is 9.18 Å². The number of likely N-dealkylation sites (N-methyl/N-ethyl adjacent to an activating group) is 1. The van der Waals surface area contributed by atoms with Gasteiger partial charge in [-0.05, 0) is 30.2 Å². The second-order valence-corrected chi connectivity index (χ2v) is 4.69. The molecule has 0 aliphatic heterocycles. The summed E-state index contributed by atoms with van der Waals surface area (Å²) in [6.45, 7) is 0.554. The lowest BCUT2D eigenvalue weighted by Gasteiger charge is -2.18. The number of nitrogen functional groups attached to an aromatic ring is 1. The topological polar surface area (TPSA) is 46.3 Å². The molecule has 0 radical (unpaired) electrons. The maximum Gasteiger partial charge on any atom is 0.255 e. The predicted molar refractivity (Wildman–Crippen MR) is 77.9 cm³/mol. The van der Waals surface area contributed by atoms with Crippen molar-refractivity contribution in [2.24, 2.45) is 0 Å². The third kappa shape index (κ3) is 3.35. The van der Waals surface area contributed by atoms with Gasteiger partial charge in [0.25, 0.3) is 5.91 Å². The van der Waals surface area contributed by atoms with Crippen molar-refractivity contribution in [2.45, 2.75) is 6.42 Å². The van der Waals surface area contributed by atoms with Crippen LogP contribution in [0.15, 0.2) is 48.5 Å². The van der Waals surface area contributed by atoms with Crippen molar-refractivity contribution in [1.29, 1.82) is 0 Å². The second-order valence-electron chi connectivity index (χ2n) is 4.69. The molecule has 3 nitrogen and oxygen atoms in total. The van der Waals surface area contributed by atoms with Gasteiger partial charge in [-0.1, -0.05) is 30.3 Å². The van der Waals surface area contributed by atoms with Crippen molar-refractivity contribution in [3.63, 3.8) is 0 Å². The molecule has 4 heteroatoms. The van der Waals surface area contributed by atoms with Crippen LogP contribution in [0.1, 0.15) is 15.9 Å². The highest BCUT2D eigenvalue weighted by Crippen LogP contribution is 2.15. The van der Waals surface area contributed by atoms with Crippen LogP contribution in [0.3, 0.4) is 0 Å². The van der Waals surface area contributed by atoms with Crippen LogP contribution in [0.25, 0.3) is 0 Å². The van der Waals surface area contributed by atoms with Crippen LogP contribution in [0.4, 0.5) is 10.1 Å². The molecule has 2 aromatic rings. The molecular weight excluding hydrogens is 255 g/mol. The molecule has 20 heavy (non-hydrogen) atoms. The Balaban J connectivity index is 2.03. The zero-order chi connectivity index (χ0) is 14.5. The Morgan fingerprint density at radius 2 is 1.90 bits per heavy atom. The first-order valence-electron chi connectivity index (χ1n) is 6.42. The SMILES string of the molecule is CN(CCc1ccccc1)C(=O)c1cc(F)ccc1N. The standard InChI is InChI=1S/C16H17FN2O/c1-19(10-9-12-5-3-2-4-6-12)16(20)14-11-13(17)7-8-15(14)18/h2-8,11H,9-10,18H2,1H3. The zero-order valence-corrected chi connectivity index (χ0v) is 11.3. The van der Waals surface area contributed by atoms with E-state index >= 15 is 0 Å². The molecule has 0 bridgehead atoms. The van der Waals surface area contributed by atoms with Crippen LogP contribution >= 0.6 is 0 Å². The second kappa shape index (κ2) is 6.19. The maximum atomic E-state index is 13.2. The summed E-state index contributed by atoms with van der Waals surface area (Å²) < 4.78 is 13.2. The third-order valence-corrected chi connectivity index (χ3v) is 3.17. The molecule has 0 aromatic heterocycles. The highest BCUT2D eigenvalue weighted by Gasteiger charge is 2.15. The van der Waals surface area contributed by atoms with E-state index in [1.165, 1.54) is 18.2 Å². The van der Waals surface area contributed by atoms with E-state index in [1.807, 2.05) is 30.3 Å². The summed E-state index contributed by atoms with van der Waals surface area (Å²) in [5, 5.41) is 0. The molecule has 2 rings (SSSR count). The van der Waals surface area contributed by atoms with Crippen LogP contribution in [0.2, 0.25) is 0 Å². The van der Waals surface area contributed by atoms with Crippen LogP contribution in [0.5, 0.6) is 0 Å². The van der Waals surface area contributed by atoms with E-state index in [1.54, 1.807) is 11.9 Å². The molecule has 104 valence electrons. The Morgan fingerprint density at radius 3 is 2.60 bits per heavy atom. The minimum atomic E-state index is -0.459. The summed E-state index contributed by atoms with van der Waals surface area (Å²) in [5.41, 5.74) is 7.38. The van der Waals surface area contributed by atoms with Crippen LogP contribution in [-0.2, 0) is 6.42 Å². The van der Waals surface area contributed by atoms with Crippen LogP contribution in [0, 0.1) is 5.82 Å². The average molecular weight is 272 g/mol. The molecule has 0 unspecified atom stereocenters. The fourth-order valence-electron chi connectivity index (χ4n) is 1.96. The van der Waals surface area contributed by atoms with E-state index in [2.05, 4.69) is 0 Å². The minimum absolute atomic E-state index is 0.209. The molecule has 0 saturated heterocycles. The highest BCUT2D eigenvalue weighted by atomic mass is 19.1. The lowest BCUT2D eigenvalue weighted by atomic mass is 10.1. The van der Waals surface area contributed by atoms with Gasteiger partial charge in [-0.2, -0.15) is 0 Å². The molecule has 1 amide bonds. The Kier molecular flexibility index (Phi) is 4.35. The summed E-state index contributed by atoms with van der Waals surface area (Å²) >= 11 is 0. The fraction of sp³-hybridized carbons (Fsp3) is 0.188. The van der Waals surface area contributed by atoms with E-state index in [-0.39, 0.29) is 11.5 Å². The average Bonchev–Trinajstić information content (AvgIpc) is 2.47. The Labute approximate surface area is 117 Å². The highest BCUT2D eigenvalue weighted by molar-refractivity contribution is 5.98. The molecule has 0 aliphatic carbocycles. The minimum Gasteiger partial charge on any atom is -0.398 e. The van der Waals surface area contributed by atoms with Gasteiger partial charge in [0.2, 0.25) is 0 Å². The molecule has 0 saturated carbocycles. The van der Waals surface area contributed by atoms with Crippen LogP contribution in [-0.4, -0.2) is 24.4 Å².